The minimum Gasteiger partial charge on any atom is -0.432 e. The molecular weight excluding hydrogens is 433 g/mol. The summed E-state index contributed by atoms with van der Waals surface area (Å²) in [4.78, 5) is 3.59. The lowest BCUT2D eigenvalue weighted by Gasteiger charge is -2.12. The summed E-state index contributed by atoms with van der Waals surface area (Å²) in [5, 5.41) is -0.605. The van der Waals surface area contributed by atoms with Gasteiger partial charge in [-0.25, -0.2) is 0 Å². The molecule has 0 aliphatic heterocycles. The van der Waals surface area contributed by atoms with Crippen LogP contribution >= 0.6 is 11.6 Å². The van der Waals surface area contributed by atoms with Gasteiger partial charge < -0.3 is 8.60 Å². The zero-order valence-electron chi connectivity index (χ0n) is 14.2. The van der Waals surface area contributed by atoms with Gasteiger partial charge in [0, 0.05) is 18.0 Å². The number of halogens is 4. The van der Waals surface area contributed by atoms with Gasteiger partial charge in [0.05, 0.1) is 16.3 Å². The minimum atomic E-state index is -4.80. The zero-order valence-corrected chi connectivity index (χ0v) is 15.8. The van der Waals surface area contributed by atoms with Crippen LogP contribution in [0.3, 0.4) is 0 Å². The van der Waals surface area contributed by atoms with Gasteiger partial charge in [0.15, 0.2) is 0 Å². The fourth-order valence-corrected chi connectivity index (χ4v) is 3.78. The van der Waals surface area contributed by atoms with Crippen LogP contribution in [0.4, 0.5) is 13.2 Å². The second kappa shape index (κ2) is 6.82. The molecule has 11 heteroatoms. The number of alkyl halides is 3. The Bertz CT molecular complexity index is 1270. The Morgan fingerprint density at radius 2 is 1.83 bits per heavy atom. The molecule has 4 aromatic rings. The third-order valence-corrected chi connectivity index (χ3v) is 5.55. The van der Waals surface area contributed by atoms with Crippen molar-refractivity contribution in [2.75, 3.05) is 0 Å². The van der Waals surface area contributed by atoms with Gasteiger partial charge in [0.25, 0.3) is 0 Å². The molecule has 0 fully saturated rings. The molecule has 0 aliphatic rings. The monoisotopic (exact) mass is 442 g/mol. The molecule has 0 saturated carbocycles. The maximum absolute atomic E-state index is 13.0. The van der Waals surface area contributed by atoms with E-state index < -0.39 is 31.8 Å². The first-order chi connectivity index (χ1) is 13.6. The molecule has 0 aliphatic carbocycles. The van der Waals surface area contributed by atoms with Crippen LogP contribution in [0.25, 0.3) is 17.1 Å². The second-order valence-corrected chi connectivity index (χ2v) is 7.87. The van der Waals surface area contributed by atoms with Crippen molar-refractivity contribution >= 4 is 27.6 Å². The van der Waals surface area contributed by atoms with E-state index in [9.17, 15) is 21.6 Å². The second-order valence-electron chi connectivity index (χ2n) is 5.92. The number of rotatable bonds is 4. The highest BCUT2D eigenvalue weighted by Crippen LogP contribution is 2.36. The number of nitrogens with zero attached hydrogens (tertiary/aromatic N) is 2. The highest BCUT2D eigenvalue weighted by Gasteiger charge is 2.34. The lowest BCUT2D eigenvalue weighted by atomic mass is 10.2. The molecule has 2 aromatic carbocycles. The third-order valence-electron chi connectivity index (χ3n) is 3.98. The largest absolute Gasteiger partial charge is 0.432 e. The summed E-state index contributed by atoms with van der Waals surface area (Å²) >= 11 is 5.52. The zero-order chi connectivity index (χ0) is 20.8. The average molecular weight is 443 g/mol. The number of aromatic nitrogens is 2. The van der Waals surface area contributed by atoms with Crippen molar-refractivity contribution in [2.24, 2.45) is 0 Å². The van der Waals surface area contributed by atoms with Crippen LogP contribution in [0.15, 0.2) is 70.4 Å². The van der Waals surface area contributed by atoms with E-state index in [1.54, 1.807) is 28.9 Å². The van der Waals surface area contributed by atoms with Crippen molar-refractivity contribution in [1.29, 1.82) is 0 Å². The number of imidazole rings is 1. The Balaban J connectivity index is 1.59. The van der Waals surface area contributed by atoms with Gasteiger partial charge in [0.2, 0.25) is 0 Å². The van der Waals surface area contributed by atoms with E-state index in [1.807, 2.05) is 0 Å². The highest BCUT2D eigenvalue weighted by molar-refractivity contribution is 7.87. The normalized spacial score (nSPS) is 12.4. The van der Waals surface area contributed by atoms with Gasteiger partial charge in [-0.1, -0.05) is 11.6 Å². The van der Waals surface area contributed by atoms with Crippen LogP contribution in [0.1, 0.15) is 5.56 Å². The number of benzene rings is 2. The van der Waals surface area contributed by atoms with Crippen LogP contribution < -0.4 is 4.18 Å². The van der Waals surface area contributed by atoms with E-state index >= 15 is 0 Å². The van der Waals surface area contributed by atoms with Crippen LogP contribution in [-0.2, 0) is 16.3 Å². The molecule has 2 heterocycles. The van der Waals surface area contributed by atoms with Crippen LogP contribution in [0, 0.1) is 0 Å². The van der Waals surface area contributed by atoms with Gasteiger partial charge in [-0.15, -0.1) is 0 Å². The third kappa shape index (κ3) is 3.81. The van der Waals surface area contributed by atoms with E-state index in [-0.39, 0.29) is 5.75 Å². The van der Waals surface area contributed by atoms with Crippen molar-refractivity contribution in [3.63, 3.8) is 0 Å². The summed E-state index contributed by atoms with van der Waals surface area (Å²) < 4.78 is 75.4. The Morgan fingerprint density at radius 1 is 1.10 bits per heavy atom. The predicted molar refractivity (Wildman–Crippen MR) is 97.2 cm³/mol. The first-order valence-corrected chi connectivity index (χ1v) is 9.76. The molecule has 0 bridgehead atoms. The summed E-state index contributed by atoms with van der Waals surface area (Å²) in [6.45, 7) is 0. The number of hydrogen-bond acceptors (Lipinski definition) is 5. The molecular formula is C18H10ClF3N2O4S. The lowest BCUT2D eigenvalue weighted by molar-refractivity contribution is -0.137. The quantitative estimate of drug-likeness (QED) is 0.414. The summed E-state index contributed by atoms with van der Waals surface area (Å²) in [6, 6.07) is 8.11. The molecule has 0 spiro atoms. The fourth-order valence-electron chi connectivity index (χ4n) is 2.60. The fraction of sp³-hybridized carbons (Fsp3) is 0.0556. The lowest BCUT2D eigenvalue weighted by Crippen LogP contribution is -2.12. The maximum atomic E-state index is 13.0. The van der Waals surface area contributed by atoms with Crippen LogP contribution in [0.5, 0.6) is 5.75 Å². The summed E-state index contributed by atoms with van der Waals surface area (Å²) in [5.41, 5.74) is -0.00550. The van der Waals surface area contributed by atoms with E-state index in [0.717, 1.165) is 12.1 Å². The summed E-state index contributed by atoms with van der Waals surface area (Å²) in [5.74, 6) is 0.325. The first kappa shape index (κ1) is 19.3. The van der Waals surface area contributed by atoms with E-state index in [1.165, 1.54) is 18.4 Å². The smallest absolute Gasteiger partial charge is 0.417 e. The van der Waals surface area contributed by atoms with Crippen molar-refractivity contribution in [1.82, 2.24) is 9.38 Å². The molecule has 0 saturated heterocycles. The number of fused-ring (bicyclic) bond motifs is 1. The number of hydrogen-bond donors (Lipinski definition) is 0. The topological polar surface area (TPSA) is 73.8 Å². The standard InChI is InChI=1S/C18H10ClF3N2O4S/c19-15-6-5-13(9-14(15)18(20,21)22)29(25,26)28-12-3-1-11(2-4-12)16-10-24-7-8-27-17(24)23-16/h1-10H. The van der Waals surface area contributed by atoms with Gasteiger partial charge in [0.1, 0.15) is 16.9 Å². The predicted octanol–water partition coefficient (Wildman–Crippen LogP) is 5.03. The van der Waals surface area contributed by atoms with E-state index in [4.69, 9.17) is 20.2 Å². The first-order valence-electron chi connectivity index (χ1n) is 7.97. The molecule has 0 atom stereocenters. The molecule has 0 amide bonds. The highest BCUT2D eigenvalue weighted by atomic mass is 35.5. The average Bonchev–Trinajstić information content (AvgIpc) is 3.23. The van der Waals surface area contributed by atoms with Gasteiger partial charge in [-0.3, -0.25) is 4.40 Å². The Labute approximate surface area is 167 Å². The van der Waals surface area contributed by atoms with E-state index in [0.29, 0.717) is 23.2 Å². The molecule has 29 heavy (non-hydrogen) atoms. The molecule has 0 radical (unpaired) electrons. The van der Waals surface area contributed by atoms with Crippen molar-refractivity contribution < 1.29 is 30.2 Å². The SMILES string of the molecule is O=S(=O)(Oc1ccc(-c2cn3ccoc3n2)cc1)c1ccc(Cl)c(C(F)(F)F)c1. The molecule has 2 aromatic heterocycles. The van der Waals surface area contributed by atoms with Gasteiger partial charge >= 0.3 is 22.1 Å². The molecule has 0 unspecified atom stereocenters. The molecule has 4 rings (SSSR count). The van der Waals surface area contributed by atoms with Crippen molar-refractivity contribution in [2.45, 2.75) is 11.1 Å². The molecule has 6 nitrogen and oxygen atoms in total. The van der Waals surface area contributed by atoms with Gasteiger partial charge in [-0.05, 0) is 42.5 Å². The Hall–Kier alpha value is -2.98. The van der Waals surface area contributed by atoms with Crippen LogP contribution in [0.2, 0.25) is 5.02 Å². The Morgan fingerprint density at radius 3 is 2.48 bits per heavy atom. The molecule has 150 valence electrons. The molecule has 0 N–H and O–H groups in total. The summed E-state index contributed by atoms with van der Waals surface area (Å²) in [7, 11) is -4.50. The van der Waals surface area contributed by atoms with E-state index in [2.05, 4.69) is 4.98 Å². The number of oxazole rings is 1. The summed E-state index contributed by atoms with van der Waals surface area (Å²) in [6.07, 6.45) is 0.0813. The Kier molecular flexibility index (Phi) is 4.55. The maximum Gasteiger partial charge on any atom is 0.417 e. The van der Waals surface area contributed by atoms with Crippen molar-refractivity contribution in [3.05, 3.63) is 71.7 Å². The van der Waals surface area contributed by atoms with Crippen molar-refractivity contribution in [3.8, 4) is 17.0 Å². The minimum absolute atomic E-state index is 0.0693. The van der Waals surface area contributed by atoms with Gasteiger partial charge in [-0.2, -0.15) is 26.6 Å². The van der Waals surface area contributed by atoms with Crippen LogP contribution in [-0.4, -0.2) is 17.8 Å².